The first-order valence-corrected chi connectivity index (χ1v) is 4.73. The number of hydrogen-bond acceptors (Lipinski definition) is 5. The quantitative estimate of drug-likeness (QED) is 0.725. The van der Waals surface area contributed by atoms with E-state index in [1.807, 2.05) is 0 Å². The number of carbonyl (C=O) groups excluding carboxylic acids is 1. The molecule has 0 saturated heterocycles. The van der Waals surface area contributed by atoms with E-state index in [0.29, 0.717) is 12.4 Å². The Labute approximate surface area is 88.4 Å². The van der Waals surface area contributed by atoms with Gasteiger partial charge in [-0.2, -0.15) is 10.1 Å². The Morgan fingerprint density at radius 1 is 1.60 bits per heavy atom. The molecule has 2 N–H and O–H groups in total. The van der Waals surface area contributed by atoms with Crippen LogP contribution in [-0.4, -0.2) is 27.3 Å². The third kappa shape index (κ3) is 2.08. The summed E-state index contributed by atoms with van der Waals surface area (Å²) in [5.41, 5.74) is 4.68. The molecule has 0 amide bonds. The molecule has 0 aromatic carbocycles. The highest BCUT2D eigenvalue weighted by atomic mass is 16.5. The van der Waals surface area contributed by atoms with Crippen LogP contribution in [0, 0.1) is 0 Å². The lowest BCUT2D eigenvalue weighted by Crippen LogP contribution is -2.32. The van der Waals surface area contributed by atoms with Crippen LogP contribution in [-0.2, 0) is 22.0 Å². The Kier molecular flexibility index (Phi) is 2.97. The van der Waals surface area contributed by atoms with Crippen molar-refractivity contribution < 1.29 is 9.53 Å². The van der Waals surface area contributed by atoms with Gasteiger partial charge in [-0.15, -0.1) is 0 Å². The molecule has 15 heavy (non-hydrogen) atoms. The number of hydrogen-bond donors (Lipinski definition) is 1. The third-order valence-corrected chi connectivity index (χ3v) is 2.14. The highest BCUT2D eigenvalue weighted by Gasteiger charge is 2.35. The maximum atomic E-state index is 11.6. The van der Waals surface area contributed by atoms with Gasteiger partial charge in [-0.05, 0) is 20.8 Å². The van der Waals surface area contributed by atoms with Crippen LogP contribution in [0.15, 0.2) is 0 Å². The van der Waals surface area contributed by atoms with Crippen molar-refractivity contribution in [2.24, 2.45) is 7.05 Å². The standard InChI is InChI=1S/C9H16N4O2/c1-5-15-7(14)9(2,3)6-11-8(10)13(4)12-6/h5H2,1-4H3,(H2,10,11,12). The predicted molar refractivity (Wildman–Crippen MR) is 55.1 cm³/mol. The van der Waals surface area contributed by atoms with Gasteiger partial charge in [-0.3, -0.25) is 4.79 Å². The van der Waals surface area contributed by atoms with E-state index in [4.69, 9.17) is 10.5 Å². The molecular formula is C9H16N4O2. The number of rotatable bonds is 3. The van der Waals surface area contributed by atoms with Crippen LogP contribution in [0.2, 0.25) is 0 Å². The van der Waals surface area contributed by atoms with Crippen LogP contribution in [0.25, 0.3) is 0 Å². The number of carbonyl (C=O) groups is 1. The Morgan fingerprint density at radius 2 is 2.20 bits per heavy atom. The van der Waals surface area contributed by atoms with Crippen molar-refractivity contribution in [1.29, 1.82) is 0 Å². The molecule has 0 fully saturated rings. The molecule has 0 aliphatic rings. The Balaban J connectivity index is 2.99. The van der Waals surface area contributed by atoms with Crippen molar-refractivity contribution in [3.05, 3.63) is 5.82 Å². The van der Waals surface area contributed by atoms with Gasteiger partial charge < -0.3 is 10.5 Å². The summed E-state index contributed by atoms with van der Waals surface area (Å²) in [7, 11) is 1.67. The van der Waals surface area contributed by atoms with Crippen molar-refractivity contribution in [1.82, 2.24) is 14.8 Å². The fourth-order valence-electron chi connectivity index (χ4n) is 1.06. The number of esters is 1. The minimum Gasteiger partial charge on any atom is -0.465 e. The van der Waals surface area contributed by atoms with Crippen molar-refractivity contribution >= 4 is 11.9 Å². The van der Waals surface area contributed by atoms with E-state index in [9.17, 15) is 4.79 Å². The van der Waals surface area contributed by atoms with Gasteiger partial charge in [0, 0.05) is 7.05 Å². The number of nitrogen functional groups attached to an aromatic ring is 1. The molecule has 0 radical (unpaired) electrons. The first-order valence-electron chi connectivity index (χ1n) is 4.73. The maximum Gasteiger partial charge on any atom is 0.319 e. The molecule has 0 unspecified atom stereocenters. The number of nitrogens with two attached hydrogens (primary N) is 1. The SMILES string of the molecule is CCOC(=O)C(C)(C)c1nc(N)n(C)n1. The zero-order valence-corrected chi connectivity index (χ0v) is 9.44. The molecule has 0 atom stereocenters. The van der Waals surface area contributed by atoms with Gasteiger partial charge >= 0.3 is 5.97 Å². The van der Waals surface area contributed by atoms with Crippen LogP contribution in [0.1, 0.15) is 26.6 Å². The molecular weight excluding hydrogens is 196 g/mol. The topological polar surface area (TPSA) is 83.0 Å². The van der Waals surface area contributed by atoms with E-state index in [2.05, 4.69) is 10.1 Å². The highest BCUT2D eigenvalue weighted by molar-refractivity contribution is 5.81. The average Bonchev–Trinajstić information content (AvgIpc) is 2.48. The molecule has 84 valence electrons. The highest BCUT2D eigenvalue weighted by Crippen LogP contribution is 2.22. The molecule has 6 heteroatoms. The van der Waals surface area contributed by atoms with E-state index in [1.54, 1.807) is 27.8 Å². The number of anilines is 1. The minimum absolute atomic E-state index is 0.280. The van der Waals surface area contributed by atoms with Crippen molar-refractivity contribution in [3.8, 4) is 0 Å². The second-order valence-corrected chi connectivity index (χ2v) is 3.76. The summed E-state index contributed by atoms with van der Waals surface area (Å²) in [6.45, 7) is 5.51. The summed E-state index contributed by atoms with van der Waals surface area (Å²) in [5, 5.41) is 4.06. The van der Waals surface area contributed by atoms with Gasteiger partial charge in [0.1, 0.15) is 5.41 Å². The summed E-state index contributed by atoms with van der Waals surface area (Å²) in [6.07, 6.45) is 0. The first-order chi connectivity index (χ1) is 6.89. The van der Waals surface area contributed by atoms with E-state index in [-0.39, 0.29) is 11.9 Å². The molecule has 6 nitrogen and oxygen atoms in total. The summed E-state index contributed by atoms with van der Waals surface area (Å²) in [6, 6.07) is 0. The number of ether oxygens (including phenoxy) is 1. The van der Waals surface area contributed by atoms with E-state index < -0.39 is 5.41 Å². The van der Waals surface area contributed by atoms with Gasteiger partial charge in [0.25, 0.3) is 0 Å². The fraction of sp³-hybridized carbons (Fsp3) is 0.667. The van der Waals surface area contributed by atoms with E-state index >= 15 is 0 Å². The van der Waals surface area contributed by atoms with Crippen molar-refractivity contribution in [2.75, 3.05) is 12.3 Å². The summed E-state index contributed by atoms with van der Waals surface area (Å²) in [4.78, 5) is 15.6. The maximum absolute atomic E-state index is 11.6. The monoisotopic (exact) mass is 212 g/mol. The summed E-state index contributed by atoms with van der Waals surface area (Å²) in [5.74, 6) is 0.305. The predicted octanol–water partition coefficient (Wildman–Crippen LogP) is 0.238. The van der Waals surface area contributed by atoms with Crippen molar-refractivity contribution in [3.63, 3.8) is 0 Å². The fourth-order valence-corrected chi connectivity index (χ4v) is 1.06. The zero-order valence-electron chi connectivity index (χ0n) is 9.44. The van der Waals surface area contributed by atoms with E-state index in [1.165, 1.54) is 4.68 Å². The summed E-state index contributed by atoms with van der Waals surface area (Å²) < 4.78 is 6.37. The van der Waals surface area contributed by atoms with Crippen LogP contribution >= 0.6 is 0 Å². The lowest BCUT2D eigenvalue weighted by Gasteiger charge is -2.18. The van der Waals surface area contributed by atoms with Crippen LogP contribution in [0.4, 0.5) is 5.95 Å². The Morgan fingerprint density at radius 3 is 2.60 bits per heavy atom. The molecule has 0 aliphatic heterocycles. The molecule has 1 heterocycles. The largest absolute Gasteiger partial charge is 0.465 e. The minimum atomic E-state index is -0.870. The number of aromatic nitrogens is 3. The molecule has 1 aromatic heterocycles. The summed E-state index contributed by atoms with van der Waals surface area (Å²) >= 11 is 0. The van der Waals surface area contributed by atoms with Gasteiger partial charge in [-0.25, -0.2) is 4.68 Å². The lowest BCUT2D eigenvalue weighted by atomic mass is 9.93. The van der Waals surface area contributed by atoms with E-state index in [0.717, 1.165) is 0 Å². The van der Waals surface area contributed by atoms with Gasteiger partial charge in [0.2, 0.25) is 5.95 Å². The van der Waals surface area contributed by atoms with Gasteiger partial charge in [-0.1, -0.05) is 0 Å². The Hall–Kier alpha value is -1.59. The first kappa shape index (κ1) is 11.5. The molecule has 1 aromatic rings. The van der Waals surface area contributed by atoms with Gasteiger partial charge in [0.05, 0.1) is 6.61 Å². The molecule has 0 saturated carbocycles. The normalized spacial score (nSPS) is 11.5. The molecule has 0 spiro atoms. The zero-order chi connectivity index (χ0) is 11.6. The number of nitrogens with zero attached hydrogens (tertiary/aromatic N) is 3. The average molecular weight is 212 g/mol. The molecule has 1 rings (SSSR count). The van der Waals surface area contributed by atoms with Crippen molar-refractivity contribution in [2.45, 2.75) is 26.2 Å². The second kappa shape index (κ2) is 3.88. The van der Waals surface area contributed by atoms with Crippen LogP contribution < -0.4 is 5.73 Å². The van der Waals surface area contributed by atoms with Gasteiger partial charge in [0.15, 0.2) is 5.82 Å². The Bertz CT molecular complexity index is 351. The number of aryl methyl sites for hydroxylation is 1. The molecule has 0 bridgehead atoms. The van der Waals surface area contributed by atoms with Crippen LogP contribution in [0.5, 0.6) is 0 Å². The third-order valence-electron chi connectivity index (χ3n) is 2.14. The second-order valence-electron chi connectivity index (χ2n) is 3.76. The smallest absolute Gasteiger partial charge is 0.319 e. The molecule has 0 aliphatic carbocycles. The van der Waals surface area contributed by atoms with Crippen LogP contribution in [0.3, 0.4) is 0 Å². The lowest BCUT2D eigenvalue weighted by molar-refractivity contribution is -0.149.